The molecular formula is C2H7NO2. The maximum Gasteiger partial charge on any atom is 0.116 e. The summed E-state index contributed by atoms with van der Waals surface area (Å²) in [5, 5.41) is 7.83. The first-order chi connectivity index (χ1) is 2.41. The van der Waals surface area contributed by atoms with Crippen LogP contribution >= 0.6 is 0 Å². The molecule has 5 heavy (non-hydrogen) atoms. The molecule has 0 unspecified atom stereocenters. The van der Waals surface area contributed by atoms with E-state index in [1.807, 2.05) is 0 Å². The van der Waals surface area contributed by atoms with Crippen molar-refractivity contribution in [1.29, 1.82) is 0 Å². The molecule has 0 aromatic heterocycles. The van der Waals surface area contributed by atoms with E-state index >= 15 is 0 Å². The lowest BCUT2D eigenvalue weighted by Crippen LogP contribution is -2.11. The molecule has 0 saturated carbocycles. The molecule has 0 atom stereocenters. The van der Waals surface area contributed by atoms with Crippen LogP contribution in [0.4, 0.5) is 0 Å². The highest BCUT2D eigenvalue weighted by Crippen LogP contribution is 1.42. The summed E-state index contributed by atoms with van der Waals surface area (Å²) in [6.07, 6.45) is 0. The van der Waals surface area contributed by atoms with E-state index in [2.05, 4.69) is 10.3 Å². The Kier molecular flexibility index (Phi) is 3.79. The van der Waals surface area contributed by atoms with Crippen molar-refractivity contribution in [2.24, 2.45) is 0 Å². The van der Waals surface area contributed by atoms with Gasteiger partial charge in [-0.25, -0.2) is 0 Å². The second-order valence-electron chi connectivity index (χ2n) is 0.507. The van der Waals surface area contributed by atoms with Gasteiger partial charge in [-0.1, -0.05) is 0 Å². The standard InChI is InChI=1S/C2H7NO2/c1-5-3-2-4/h3-4H,2H2,1H3. The van der Waals surface area contributed by atoms with Crippen LogP contribution in [0.2, 0.25) is 0 Å². The van der Waals surface area contributed by atoms with Gasteiger partial charge in [-0.05, 0) is 0 Å². The smallest absolute Gasteiger partial charge is 0.116 e. The lowest BCUT2D eigenvalue weighted by atomic mass is 11.4. The fourth-order valence-corrected chi connectivity index (χ4v) is 0.0645. The van der Waals surface area contributed by atoms with Crippen molar-refractivity contribution in [2.45, 2.75) is 0 Å². The third-order valence-electron chi connectivity index (χ3n) is 0.209. The largest absolute Gasteiger partial charge is 0.379 e. The average Bonchev–Trinajstić information content (AvgIpc) is 1.41. The summed E-state index contributed by atoms with van der Waals surface area (Å²) in [5.41, 5.74) is 2.17. The summed E-state index contributed by atoms with van der Waals surface area (Å²) in [7, 11) is 1.44. The molecule has 2 N–H and O–H groups in total. The summed E-state index contributed by atoms with van der Waals surface area (Å²) in [4.78, 5) is 4.19. The van der Waals surface area contributed by atoms with Gasteiger partial charge in [-0.15, -0.1) is 0 Å². The monoisotopic (exact) mass is 77.0 g/mol. The van der Waals surface area contributed by atoms with Crippen LogP contribution in [-0.2, 0) is 4.84 Å². The number of hydroxylamine groups is 1. The molecule has 0 bridgehead atoms. The summed E-state index contributed by atoms with van der Waals surface area (Å²) < 4.78 is 0. The predicted octanol–water partition coefficient (Wildman–Crippen LogP) is -0.913. The molecule has 0 fully saturated rings. The van der Waals surface area contributed by atoms with Gasteiger partial charge in [0.05, 0.1) is 7.11 Å². The first kappa shape index (κ1) is 4.88. The Morgan fingerprint density at radius 3 is 2.60 bits per heavy atom. The Labute approximate surface area is 30.5 Å². The Morgan fingerprint density at radius 2 is 2.60 bits per heavy atom. The molecule has 0 spiro atoms. The minimum absolute atomic E-state index is 0.128. The van der Waals surface area contributed by atoms with Gasteiger partial charge in [0.1, 0.15) is 6.73 Å². The van der Waals surface area contributed by atoms with E-state index in [0.717, 1.165) is 0 Å². The van der Waals surface area contributed by atoms with Gasteiger partial charge < -0.3 is 9.94 Å². The minimum atomic E-state index is -0.128. The van der Waals surface area contributed by atoms with E-state index in [0.29, 0.717) is 0 Å². The van der Waals surface area contributed by atoms with Crippen molar-refractivity contribution in [3.63, 3.8) is 0 Å². The number of hydrogen-bond acceptors (Lipinski definition) is 3. The van der Waals surface area contributed by atoms with Gasteiger partial charge >= 0.3 is 0 Å². The van der Waals surface area contributed by atoms with Crippen LogP contribution in [0, 0.1) is 0 Å². The fraction of sp³-hybridized carbons (Fsp3) is 1.00. The Hall–Kier alpha value is -0.120. The third kappa shape index (κ3) is 3.88. The van der Waals surface area contributed by atoms with E-state index in [1.54, 1.807) is 0 Å². The van der Waals surface area contributed by atoms with E-state index in [1.165, 1.54) is 7.11 Å². The lowest BCUT2D eigenvalue weighted by molar-refractivity contribution is 0.0317. The lowest BCUT2D eigenvalue weighted by Gasteiger charge is -1.88. The van der Waals surface area contributed by atoms with Crippen LogP contribution in [0.25, 0.3) is 0 Å². The topological polar surface area (TPSA) is 41.5 Å². The van der Waals surface area contributed by atoms with Crippen LogP contribution in [0.15, 0.2) is 0 Å². The molecule has 32 valence electrons. The van der Waals surface area contributed by atoms with Gasteiger partial charge in [-0.2, -0.15) is 5.48 Å². The molecule has 0 aliphatic rings. The molecule has 3 nitrogen and oxygen atoms in total. The highest BCUT2D eigenvalue weighted by atomic mass is 16.6. The van der Waals surface area contributed by atoms with Crippen LogP contribution in [0.3, 0.4) is 0 Å². The van der Waals surface area contributed by atoms with Crippen LogP contribution in [-0.4, -0.2) is 18.9 Å². The zero-order chi connectivity index (χ0) is 4.12. The van der Waals surface area contributed by atoms with Gasteiger partial charge in [0.2, 0.25) is 0 Å². The summed E-state index contributed by atoms with van der Waals surface area (Å²) >= 11 is 0. The van der Waals surface area contributed by atoms with Crippen molar-refractivity contribution in [3.8, 4) is 0 Å². The Morgan fingerprint density at radius 1 is 2.00 bits per heavy atom. The van der Waals surface area contributed by atoms with Gasteiger partial charge in [0.25, 0.3) is 0 Å². The molecule has 0 aromatic rings. The number of hydrogen-bond donors (Lipinski definition) is 2. The Bertz CT molecular complexity index is 15.1. The van der Waals surface area contributed by atoms with Gasteiger partial charge in [0.15, 0.2) is 0 Å². The number of aliphatic hydroxyl groups is 1. The maximum absolute atomic E-state index is 7.83. The second-order valence-corrected chi connectivity index (χ2v) is 0.507. The molecule has 0 aliphatic heterocycles. The summed E-state index contributed by atoms with van der Waals surface area (Å²) in [5.74, 6) is 0. The number of rotatable bonds is 2. The molecule has 0 aliphatic carbocycles. The average molecular weight is 77.1 g/mol. The zero-order valence-corrected chi connectivity index (χ0v) is 3.06. The molecule has 0 rings (SSSR count). The van der Waals surface area contributed by atoms with Crippen LogP contribution in [0.5, 0.6) is 0 Å². The van der Waals surface area contributed by atoms with Crippen molar-refractivity contribution < 1.29 is 9.94 Å². The Balaban J connectivity index is 2.19. The van der Waals surface area contributed by atoms with E-state index in [9.17, 15) is 0 Å². The van der Waals surface area contributed by atoms with E-state index in [-0.39, 0.29) is 6.73 Å². The molecule has 0 radical (unpaired) electrons. The fourth-order valence-electron chi connectivity index (χ4n) is 0.0645. The third-order valence-corrected chi connectivity index (χ3v) is 0.209. The summed E-state index contributed by atoms with van der Waals surface area (Å²) in [6, 6.07) is 0. The molecular weight excluding hydrogens is 70.0 g/mol. The molecule has 0 heterocycles. The second kappa shape index (κ2) is 3.88. The van der Waals surface area contributed by atoms with Crippen molar-refractivity contribution >= 4 is 0 Å². The first-order valence-electron chi connectivity index (χ1n) is 1.28. The van der Waals surface area contributed by atoms with Crippen molar-refractivity contribution in [1.82, 2.24) is 5.48 Å². The van der Waals surface area contributed by atoms with Crippen molar-refractivity contribution in [2.75, 3.05) is 13.8 Å². The first-order valence-corrected chi connectivity index (χ1v) is 1.28. The van der Waals surface area contributed by atoms with Gasteiger partial charge in [-0.3, -0.25) is 0 Å². The quantitative estimate of drug-likeness (QED) is 0.331. The molecule has 0 amide bonds. The molecule has 3 heteroatoms. The van der Waals surface area contributed by atoms with Crippen LogP contribution < -0.4 is 5.48 Å². The zero-order valence-electron chi connectivity index (χ0n) is 3.06. The molecule has 0 saturated heterocycles. The maximum atomic E-state index is 7.83. The predicted molar refractivity (Wildman–Crippen MR) is 17.2 cm³/mol. The number of aliphatic hydroxyl groups excluding tert-OH is 1. The minimum Gasteiger partial charge on any atom is -0.379 e. The van der Waals surface area contributed by atoms with Crippen LogP contribution in [0.1, 0.15) is 0 Å². The highest BCUT2D eigenvalue weighted by Gasteiger charge is 1.61. The number of nitrogens with one attached hydrogen (secondary N) is 1. The molecule has 0 aromatic carbocycles. The van der Waals surface area contributed by atoms with Crippen molar-refractivity contribution in [3.05, 3.63) is 0 Å². The van der Waals surface area contributed by atoms with Gasteiger partial charge in [0, 0.05) is 0 Å². The van der Waals surface area contributed by atoms with E-state index < -0.39 is 0 Å². The highest BCUT2D eigenvalue weighted by molar-refractivity contribution is 3.90. The summed E-state index contributed by atoms with van der Waals surface area (Å²) in [6.45, 7) is -0.128. The SMILES string of the molecule is CONCO. The normalized spacial score (nSPS) is 8.40. The van der Waals surface area contributed by atoms with E-state index in [4.69, 9.17) is 5.11 Å².